The number of benzene rings is 3. The number of hydrogen-bond acceptors (Lipinski definition) is 5. The van der Waals surface area contributed by atoms with E-state index in [1.807, 2.05) is 55.5 Å². The normalized spacial score (nSPS) is 20.2. The molecule has 0 aliphatic carbocycles. The molecule has 0 amide bonds. The van der Waals surface area contributed by atoms with Gasteiger partial charge >= 0.3 is 5.69 Å². The van der Waals surface area contributed by atoms with E-state index in [1.54, 1.807) is 6.07 Å². The summed E-state index contributed by atoms with van der Waals surface area (Å²) < 4.78 is 12.1. The lowest BCUT2D eigenvalue weighted by molar-refractivity contribution is -0.386. The average Bonchev–Trinajstić information content (AvgIpc) is 2.98. The largest absolute Gasteiger partial charge is 0.496 e. The summed E-state index contributed by atoms with van der Waals surface area (Å²) in [6, 6.07) is 21.4. The van der Waals surface area contributed by atoms with Crippen molar-refractivity contribution >= 4 is 23.1 Å². The molecule has 0 bridgehead atoms. The molecule has 5 rings (SSSR count). The Hall–Kier alpha value is -3.80. The standard InChI is InChI=1S/C26H24N2O4/c1-17-14-18-15-20(31-4)16-23(28(29)30)24(18)32-26(17)25(2,3)21-12-8-9-13-22(21)27(26)19-10-6-5-7-11-19/h5-16H,1-4H3/t26-/m0/s1. The highest BCUT2D eigenvalue weighted by atomic mass is 16.6. The summed E-state index contributed by atoms with van der Waals surface area (Å²) in [5.74, 6) is 0.677. The first-order valence-corrected chi connectivity index (χ1v) is 10.5. The lowest BCUT2D eigenvalue weighted by Gasteiger charge is -2.49. The summed E-state index contributed by atoms with van der Waals surface area (Å²) in [6.45, 7) is 6.29. The van der Waals surface area contributed by atoms with E-state index in [1.165, 1.54) is 13.2 Å². The van der Waals surface area contributed by atoms with Gasteiger partial charge in [-0.05, 0) is 62.2 Å². The van der Waals surface area contributed by atoms with Crippen molar-refractivity contribution in [3.8, 4) is 11.5 Å². The van der Waals surface area contributed by atoms with Crippen LogP contribution in [-0.2, 0) is 5.41 Å². The van der Waals surface area contributed by atoms with Crippen LogP contribution in [0.3, 0.4) is 0 Å². The number of methoxy groups -OCH3 is 1. The summed E-state index contributed by atoms with van der Waals surface area (Å²) >= 11 is 0. The van der Waals surface area contributed by atoms with Crippen molar-refractivity contribution in [1.29, 1.82) is 0 Å². The fourth-order valence-electron chi connectivity index (χ4n) is 5.21. The van der Waals surface area contributed by atoms with Crippen molar-refractivity contribution < 1.29 is 14.4 Å². The second kappa shape index (κ2) is 6.85. The third-order valence-electron chi connectivity index (χ3n) is 6.65. The van der Waals surface area contributed by atoms with E-state index >= 15 is 0 Å². The van der Waals surface area contributed by atoms with Crippen LogP contribution in [0.25, 0.3) is 6.08 Å². The summed E-state index contributed by atoms with van der Waals surface area (Å²) in [6.07, 6.45) is 1.98. The smallest absolute Gasteiger partial charge is 0.315 e. The first-order chi connectivity index (χ1) is 15.3. The van der Waals surface area contributed by atoms with E-state index in [9.17, 15) is 10.1 Å². The highest BCUT2D eigenvalue weighted by Crippen LogP contribution is 2.60. The van der Waals surface area contributed by atoms with E-state index in [2.05, 4.69) is 30.9 Å². The Balaban J connectivity index is 1.82. The molecule has 6 heteroatoms. The molecule has 1 atom stereocenters. The Morgan fingerprint density at radius 3 is 2.41 bits per heavy atom. The molecule has 2 aliphatic rings. The molecule has 0 N–H and O–H groups in total. The number of nitrogens with zero attached hydrogens (tertiary/aromatic N) is 2. The van der Waals surface area contributed by atoms with Crippen molar-refractivity contribution in [2.75, 3.05) is 12.0 Å². The highest BCUT2D eigenvalue weighted by molar-refractivity contribution is 5.82. The van der Waals surface area contributed by atoms with E-state index in [4.69, 9.17) is 9.47 Å². The minimum atomic E-state index is -0.982. The zero-order chi connectivity index (χ0) is 22.7. The van der Waals surface area contributed by atoms with Crippen LogP contribution in [0, 0.1) is 10.1 Å². The van der Waals surface area contributed by atoms with Gasteiger partial charge in [0.25, 0.3) is 0 Å². The molecule has 3 aromatic carbocycles. The van der Waals surface area contributed by atoms with Crippen molar-refractivity contribution in [3.63, 3.8) is 0 Å². The molecule has 0 fully saturated rings. The van der Waals surface area contributed by atoms with E-state index in [0.29, 0.717) is 11.3 Å². The van der Waals surface area contributed by atoms with Gasteiger partial charge in [-0.3, -0.25) is 15.0 Å². The SMILES string of the molecule is COc1cc2c(c([N+](=O)[O-])c1)O[C@]1(C(C)=C2)N(c2ccccc2)c2ccccc2C1(C)C. The van der Waals surface area contributed by atoms with Gasteiger partial charge < -0.3 is 9.47 Å². The van der Waals surface area contributed by atoms with Gasteiger partial charge in [0.2, 0.25) is 11.5 Å². The highest BCUT2D eigenvalue weighted by Gasteiger charge is 2.62. The van der Waals surface area contributed by atoms with Crippen LogP contribution in [-0.4, -0.2) is 17.8 Å². The molecular formula is C26H24N2O4. The molecule has 1 spiro atoms. The van der Waals surface area contributed by atoms with Crippen LogP contribution in [0.4, 0.5) is 17.1 Å². The molecule has 0 saturated heterocycles. The van der Waals surface area contributed by atoms with Gasteiger partial charge in [-0.25, -0.2) is 0 Å². The molecule has 2 aliphatic heterocycles. The van der Waals surface area contributed by atoms with Gasteiger partial charge in [-0.1, -0.05) is 36.4 Å². The Bertz CT molecular complexity index is 1270. The Morgan fingerprint density at radius 2 is 1.72 bits per heavy atom. The minimum absolute atomic E-state index is 0.109. The van der Waals surface area contributed by atoms with Crippen LogP contribution < -0.4 is 14.4 Å². The summed E-state index contributed by atoms with van der Waals surface area (Å²) in [7, 11) is 1.50. The van der Waals surface area contributed by atoms with Crippen molar-refractivity contribution in [2.45, 2.75) is 31.9 Å². The number of hydrogen-bond donors (Lipinski definition) is 0. The zero-order valence-electron chi connectivity index (χ0n) is 18.5. The van der Waals surface area contributed by atoms with Crippen LogP contribution in [0.2, 0.25) is 0 Å². The molecular weight excluding hydrogens is 404 g/mol. The van der Waals surface area contributed by atoms with Crippen molar-refractivity contribution in [3.05, 3.63) is 93.5 Å². The maximum atomic E-state index is 12.0. The molecule has 0 saturated carbocycles. The van der Waals surface area contributed by atoms with E-state index in [0.717, 1.165) is 22.5 Å². The summed E-state index contributed by atoms with van der Waals surface area (Å²) in [5.41, 5.74) is 3.10. The van der Waals surface area contributed by atoms with Crippen LogP contribution in [0.5, 0.6) is 11.5 Å². The van der Waals surface area contributed by atoms with Gasteiger partial charge in [-0.15, -0.1) is 0 Å². The molecule has 0 radical (unpaired) electrons. The second-order valence-corrected chi connectivity index (χ2v) is 8.71. The number of nitro benzene ring substituents is 1. The summed E-state index contributed by atoms with van der Waals surface area (Å²) in [4.78, 5) is 13.8. The lowest BCUT2D eigenvalue weighted by Crippen LogP contribution is -2.60. The fraction of sp³-hybridized carbons (Fsp3) is 0.231. The first-order valence-electron chi connectivity index (χ1n) is 10.5. The topological polar surface area (TPSA) is 64.8 Å². The molecule has 162 valence electrons. The monoisotopic (exact) mass is 428 g/mol. The van der Waals surface area contributed by atoms with Gasteiger partial charge in [0, 0.05) is 16.9 Å². The maximum absolute atomic E-state index is 12.0. The van der Waals surface area contributed by atoms with Crippen molar-refractivity contribution in [1.82, 2.24) is 0 Å². The van der Waals surface area contributed by atoms with Crippen LogP contribution >= 0.6 is 0 Å². The quantitative estimate of drug-likeness (QED) is 0.366. The Morgan fingerprint density at radius 1 is 1.03 bits per heavy atom. The number of ether oxygens (including phenoxy) is 2. The number of para-hydroxylation sites is 2. The molecule has 0 aromatic heterocycles. The second-order valence-electron chi connectivity index (χ2n) is 8.71. The predicted molar refractivity (Wildman–Crippen MR) is 125 cm³/mol. The number of rotatable bonds is 3. The number of nitro groups is 1. The van der Waals surface area contributed by atoms with Gasteiger partial charge in [0.15, 0.2) is 0 Å². The molecule has 32 heavy (non-hydrogen) atoms. The van der Waals surface area contributed by atoms with E-state index in [-0.39, 0.29) is 11.4 Å². The minimum Gasteiger partial charge on any atom is -0.496 e. The van der Waals surface area contributed by atoms with Gasteiger partial charge in [-0.2, -0.15) is 0 Å². The van der Waals surface area contributed by atoms with E-state index < -0.39 is 16.1 Å². The fourth-order valence-corrected chi connectivity index (χ4v) is 5.21. The molecule has 3 aromatic rings. The van der Waals surface area contributed by atoms with Gasteiger partial charge in [0.1, 0.15) is 5.75 Å². The third-order valence-corrected chi connectivity index (χ3v) is 6.65. The number of fused-ring (bicyclic) bond motifs is 2. The maximum Gasteiger partial charge on any atom is 0.315 e. The van der Waals surface area contributed by atoms with Crippen LogP contribution in [0.1, 0.15) is 31.9 Å². The Labute approximate surface area is 186 Å². The predicted octanol–water partition coefficient (Wildman–Crippen LogP) is 6.22. The zero-order valence-corrected chi connectivity index (χ0v) is 18.5. The molecule has 0 unspecified atom stereocenters. The molecule has 2 heterocycles. The molecule has 6 nitrogen and oxygen atoms in total. The first kappa shape index (κ1) is 20.1. The van der Waals surface area contributed by atoms with Crippen molar-refractivity contribution in [2.24, 2.45) is 0 Å². The lowest BCUT2D eigenvalue weighted by atomic mass is 9.73. The third kappa shape index (κ3) is 2.52. The Kier molecular flexibility index (Phi) is 4.31. The average molecular weight is 428 g/mol. The summed E-state index contributed by atoms with van der Waals surface area (Å²) in [5, 5.41) is 12.0. The number of anilines is 2. The van der Waals surface area contributed by atoms with Crippen LogP contribution in [0.15, 0.2) is 72.3 Å². The van der Waals surface area contributed by atoms with Gasteiger partial charge in [0.05, 0.1) is 23.5 Å².